The summed E-state index contributed by atoms with van der Waals surface area (Å²) in [5, 5.41) is 10.8. The fourth-order valence-electron chi connectivity index (χ4n) is 2.08. The Morgan fingerprint density at radius 1 is 1.31 bits per heavy atom. The Morgan fingerprint density at radius 3 is 2.73 bits per heavy atom. The summed E-state index contributed by atoms with van der Waals surface area (Å²) in [4.78, 5) is 16.3. The Hall–Kier alpha value is -1.73. The first-order valence-electron chi connectivity index (χ1n) is 8.98. The number of phenols is 1. The van der Waals surface area contributed by atoms with Gasteiger partial charge in [0.1, 0.15) is 23.1 Å². The molecule has 0 amide bonds. The standard InChI is InChI=1S/C17H23NO5S.C2H6/c1-3-4-7-23-17(20)14-11-24-16(18-14)13-6-5-12(10-15(13)19)22-9-8-21-2;1-2/h5-6,10,14,19H,3-4,7-9,11H2,1-2H3;1-2H3. The van der Waals surface area contributed by atoms with Crippen molar-refractivity contribution in [2.45, 2.75) is 39.7 Å². The van der Waals surface area contributed by atoms with Crippen molar-refractivity contribution in [3.8, 4) is 11.5 Å². The molecule has 26 heavy (non-hydrogen) atoms. The number of carbonyl (C=O) groups is 1. The van der Waals surface area contributed by atoms with Crippen molar-refractivity contribution >= 4 is 22.8 Å². The predicted molar refractivity (Wildman–Crippen MR) is 105 cm³/mol. The zero-order chi connectivity index (χ0) is 19.4. The molecule has 1 unspecified atom stereocenters. The number of nitrogens with zero attached hydrogens (tertiary/aromatic N) is 1. The summed E-state index contributed by atoms with van der Waals surface area (Å²) in [6, 6.07) is 4.55. The summed E-state index contributed by atoms with van der Waals surface area (Å²) in [5.41, 5.74) is 0.600. The minimum absolute atomic E-state index is 0.0798. The molecular weight excluding hydrogens is 354 g/mol. The smallest absolute Gasteiger partial charge is 0.331 e. The molecule has 0 saturated heterocycles. The average Bonchev–Trinajstić information content (AvgIpc) is 3.14. The van der Waals surface area contributed by atoms with Crippen LogP contribution in [0.4, 0.5) is 0 Å². The second-order valence-electron chi connectivity index (χ2n) is 5.30. The van der Waals surface area contributed by atoms with E-state index in [1.54, 1.807) is 25.3 Å². The highest BCUT2D eigenvalue weighted by Gasteiger charge is 2.28. The number of carbonyl (C=O) groups excluding carboxylic acids is 1. The molecular formula is C19H29NO5S. The van der Waals surface area contributed by atoms with Gasteiger partial charge in [0.05, 0.1) is 13.2 Å². The number of aromatic hydroxyl groups is 1. The van der Waals surface area contributed by atoms with E-state index >= 15 is 0 Å². The molecule has 1 aromatic carbocycles. The van der Waals surface area contributed by atoms with Gasteiger partial charge in [-0.2, -0.15) is 0 Å². The zero-order valence-corrected chi connectivity index (χ0v) is 16.8. The SMILES string of the molecule is CC.CCCCOC(=O)C1CSC(c2ccc(OCCOC)cc2O)=N1. The van der Waals surface area contributed by atoms with E-state index in [-0.39, 0.29) is 11.7 Å². The number of phenolic OH excluding ortho intramolecular Hbond substituents is 1. The number of hydrogen-bond acceptors (Lipinski definition) is 7. The summed E-state index contributed by atoms with van der Waals surface area (Å²) < 4.78 is 15.6. The second-order valence-corrected chi connectivity index (χ2v) is 6.31. The molecule has 1 atom stereocenters. The van der Waals surface area contributed by atoms with E-state index in [1.807, 2.05) is 20.8 Å². The summed E-state index contributed by atoms with van der Waals surface area (Å²) in [6.45, 7) is 7.37. The Labute approximate surface area is 159 Å². The first-order valence-corrected chi connectivity index (χ1v) is 9.96. The van der Waals surface area contributed by atoms with Crippen LogP contribution in [0.2, 0.25) is 0 Å². The van der Waals surface area contributed by atoms with Crippen LogP contribution in [-0.4, -0.2) is 54.8 Å². The number of thioether (sulfide) groups is 1. The summed E-state index contributed by atoms with van der Waals surface area (Å²) >= 11 is 1.44. The van der Waals surface area contributed by atoms with Crippen molar-refractivity contribution in [2.24, 2.45) is 4.99 Å². The number of esters is 1. The molecule has 1 aliphatic heterocycles. The molecule has 1 heterocycles. The molecule has 0 aliphatic carbocycles. The Morgan fingerprint density at radius 2 is 2.08 bits per heavy atom. The van der Waals surface area contributed by atoms with E-state index in [1.165, 1.54) is 11.8 Å². The van der Waals surface area contributed by atoms with E-state index in [4.69, 9.17) is 14.2 Å². The van der Waals surface area contributed by atoms with Crippen molar-refractivity contribution < 1.29 is 24.1 Å². The van der Waals surface area contributed by atoms with Crippen molar-refractivity contribution in [3.63, 3.8) is 0 Å². The largest absolute Gasteiger partial charge is 0.507 e. The van der Waals surface area contributed by atoms with Crippen LogP contribution in [0.1, 0.15) is 39.2 Å². The van der Waals surface area contributed by atoms with Gasteiger partial charge in [-0.1, -0.05) is 27.2 Å². The van der Waals surface area contributed by atoms with Gasteiger partial charge in [-0.25, -0.2) is 4.79 Å². The van der Waals surface area contributed by atoms with Crippen molar-refractivity contribution in [1.82, 2.24) is 0 Å². The predicted octanol–water partition coefficient (Wildman–Crippen LogP) is 3.65. The highest BCUT2D eigenvalue weighted by atomic mass is 32.2. The lowest BCUT2D eigenvalue weighted by Crippen LogP contribution is -2.22. The second kappa shape index (κ2) is 12.6. The first kappa shape index (κ1) is 22.3. The van der Waals surface area contributed by atoms with Crippen molar-refractivity contribution in [3.05, 3.63) is 23.8 Å². The molecule has 2 rings (SSSR count). The number of benzene rings is 1. The number of rotatable bonds is 9. The molecule has 1 aliphatic rings. The van der Waals surface area contributed by atoms with Gasteiger partial charge in [-0.15, -0.1) is 11.8 Å². The maximum atomic E-state index is 11.9. The van der Waals surface area contributed by atoms with E-state index < -0.39 is 6.04 Å². The maximum Gasteiger partial charge on any atom is 0.331 e. The van der Waals surface area contributed by atoms with Gasteiger partial charge in [-0.3, -0.25) is 4.99 Å². The molecule has 7 heteroatoms. The van der Waals surface area contributed by atoms with E-state index in [2.05, 4.69) is 4.99 Å². The van der Waals surface area contributed by atoms with Gasteiger partial charge in [0.15, 0.2) is 6.04 Å². The minimum Gasteiger partial charge on any atom is -0.507 e. The maximum absolute atomic E-state index is 11.9. The van der Waals surface area contributed by atoms with Crippen LogP contribution >= 0.6 is 11.8 Å². The van der Waals surface area contributed by atoms with E-state index in [0.717, 1.165) is 12.8 Å². The zero-order valence-electron chi connectivity index (χ0n) is 16.0. The number of ether oxygens (including phenoxy) is 3. The lowest BCUT2D eigenvalue weighted by molar-refractivity contribution is -0.144. The molecule has 0 radical (unpaired) electrons. The Bertz CT molecular complexity index is 591. The van der Waals surface area contributed by atoms with E-state index in [0.29, 0.717) is 41.9 Å². The van der Waals surface area contributed by atoms with Crippen LogP contribution in [0, 0.1) is 0 Å². The summed E-state index contributed by atoms with van der Waals surface area (Å²) in [7, 11) is 1.60. The Balaban J connectivity index is 0.00000163. The van der Waals surface area contributed by atoms with Crippen molar-refractivity contribution in [1.29, 1.82) is 0 Å². The Kier molecular flexibility index (Phi) is 10.8. The van der Waals surface area contributed by atoms with Crippen LogP contribution in [-0.2, 0) is 14.3 Å². The molecule has 6 nitrogen and oxygen atoms in total. The number of aliphatic imine (C=N–C) groups is 1. The molecule has 0 bridgehead atoms. The summed E-state index contributed by atoms with van der Waals surface area (Å²) in [5.74, 6) is 0.875. The molecule has 1 aromatic rings. The molecule has 0 spiro atoms. The fraction of sp³-hybridized carbons (Fsp3) is 0.579. The highest BCUT2D eigenvalue weighted by molar-refractivity contribution is 8.14. The van der Waals surface area contributed by atoms with Crippen LogP contribution in [0.15, 0.2) is 23.2 Å². The van der Waals surface area contributed by atoms with Gasteiger partial charge in [0, 0.05) is 24.5 Å². The average molecular weight is 384 g/mol. The topological polar surface area (TPSA) is 77.4 Å². The quantitative estimate of drug-likeness (QED) is 0.518. The third kappa shape index (κ3) is 6.88. The molecule has 146 valence electrons. The molecule has 1 N–H and O–H groups in total. The third-order valence-corrected chi connectivity index (χ3v) is 4.50. The first-order chi connectivity index (χ1) is 12.7. The van der Waals surface area contributed by atoms with Gasteiger partial charge in [0.2, 0.25) is 0 Å². The third-order valence-electron chi connectivity index (χ3n) is 3.42. The summed E-state index contributed by atoms with van der Waals surface area (Å²) in [6.07, 6.45) is 1.83. The van der Waals surface area contributed by atoms with Crippen LogP contribution in [0.3, 0.4) is 0 Å². The molecule has 0 saturated carbocycles. The van der Waals surface area contributed by atoms with Crippen LogP contribution < -0.4 is 4.74 Å². The van der Waals surface area contributed by atoms with Crippen molar-refractivity contribution in [2.75, 3.05) is 32.7 Å². The monoisotopic (exact) mass is 383 g/mol. The molecule has 0 fully saturated rings. The van der Waals surface area contributed by atoms with Gasteiger partial charge in [0.25, 0.3) is 0 Å². The van der Waals surface area contributed by atoms with E-state index in [9.17, 15) is 9.90 Å². The van der Waals surface area contributed by atoms with Gasteiger partial charge in [-0.05, 0) is 18.6 Å². The number of methoxy groups -OCH3 is 1. The van der Waals surface area contributed by atoms with Gasteiger partial charge >= 0.3 is 5.97 Å². The number of hydrogen-bond donors (Lipinski definition) is 1. The molecule has 0 aromatic heterocycles. The number of unbranched alkanes of at least 4 members (excludes halogenated alkanes) is 1. The normalized spacial score (nSPS) is 15.7. The fourth-order valence-corrected chi connectivity index (χ4v) is 3.14. The highest BCUT2D eigenvalue weighted by Crippen LogP contribution is 2.31. The lowest BCUT2D eigenvalue weighted by atomic mass is 10.2. The van der Waals surface area contributed by atoms with Crippen LogP contribution in [0.25, 0.3) is 0 Å². The minimum atomic E-state index is -0.501. The van der Waals surface area contributed by atoms with Gasteiger partial charge < -0.3 is 19.3 Å². The lowest BCUT2D eigenvalue weighted by Gasteiger charge is -2.08. The van der Waals surface area contributed by atoms with Crippen LogP contribution in [0.5, 0.6) is 11.5 Å².